The van der Waals surface area contributed by atoms with E-state index in [9.17, 15) is 0 Å². The lowest BCUT2D eigenvalue weighted by Crippen LogP contribution is -2.01. The Morgan fingerprint density at radius 2 is 1.09 bits per heavy atom. The summed E-state index contributed by atoms with van der Waals surface area (Å²) < 4.78 is 12.3. The Kier molecular flexibility index (Phi) is 6.27. The van der Waals surface area contributed by atoms with Crippen molar-refractivity contribution in [3.63, 3.8) is 0 Å². The molecule has 0 amide bonds. The first-order valence-electron chi connectivity index (χ1n) is 11.1. The average molecular weight is 439 g/mol. The SMILES string of the molecule is Cc1cc(C(C)C)c(-c2ccc(Oc3ccc(N)cc3)cc2)c(C)c1Oc1ccc(N)cc1. The van der Waals surface area contributed by atoms with Crippen LogP contribution in [0.5, 0.6) is 23.0 Å². The fourth-order valence-corrected chi connectivity index (χ4v) is 4.01. The van der Waals surface area contributed by atoms with Crippen molar-refractivity contribution < 1.29 is 9.47 Å². The van der Waals surface area contributed by atoms with Crippen LogP contribution in [0.25, 0.3) is 11.1 Å². The Balaban J connectivity index is 1.70. The number of nitrogens with two attached hydrogens (primary N) is 2. The van der Waals surface area contributed by atoms with E-state index in [1.165, 1.54) is 11.1 Å². The highest BCUT2D eigenvalue weighted by Gasteiger charge is 2.18. The third-order valence-corrected chi connectivity index (χ3v) is 5.72. The van der Waals surface area contributed by atoms with Crippen LogP contribution in [0.1, 0.15) is 36.5 Å². The van der Waals surface area contributed by atoms with Gasteiger partial charge < -0.3 is 20.9 Å². The molecule has 0 unspecified atom stereocenters. The van der Waals surface area contributed by atoms with Crippen molar-refractivity contribution in [3.8, 4) is 34.1 Å². The molecule has 0 fully saturated rings. The first-order valence-corrected chi connectivity index (χ1v) is 11.1. The van der Waals surface area contributed by atoms with Gasteiger partial charge in [0.2, 0.25) is 0 Å². The van der Waals surface area contributed by atoms with Gasteiger partial charge in [-0.1, -0.05) is 32.0 Å². The largest absolute Gasteiger partial charge is 0.457 e. The van der Waals surface area contributed by atoms with E-state index < -0.39 is 0 Å². The Hall–Kier alpha value is -3.92. The van der Waals surface area contributed by atoms with Gasteiger partial charge in [0, 0.05) is 16.9 Å². The first kappa shape index (κ1) is 22.3. The van der Waals surface area contributed by atoms with E-state index in [4.69, 9.17) is 20.9 Å². The van der Waals surface area contributed by atoms with Crippen LogP contribution in [0.4, 0.5) is 11.4 Å². The predicted octanol–water partition coefficient (Wildman–Crippen LogP) is 7.84. The second-order valence-corrected chi connectivity index (χ2v) is 8.63. The van der Waals surface area contributed by atoms with Crippen molar-refractivity contribution in [1.29, 1.82) is 0 Å². The highest BCUT2D eigenvalue weighted by Crippen LogP contribution is 2.41. The van der Waals surface area contributed by atoms with E-state index in [1.54, 1.807) is 0 Å². The number of benzene rings is 4. The molecule has 4 N–H and O–H groups in total. The smallest absolute Gasteiger partial charge is 0.133 e. The lowest BCUT2D eigenvalue weighted by atomic mass is 9.87. The summed E-state index contributed by atoms with van der Waals surface area (Å²) in [5.74, 6) is 3.55. The van der Waals surface area contributed by atoms with Crippen molar-refractivity contribution in [2.45, 2.75) is 33.6 Å². The molecule has 0 saturated carbocycles. The highest BCUT2D eigenvalue weighted by molar-refractivity contribution is 5.76. The fourth-order valence-electron chi connectivity index (χ4n) is 4.01. The third kappa shape index (κ3) is 4.96. The van der Waals surface area contributed by atoms with Crippen LogP contribution in [-0.2, 0) is 0 Å². The molecule has 168 valence electrons. The van der Waals surface area contributed by atoms with E-state index in [1.807, 2.05) is 60.7 Å². The van der Waals surface area contributed by atoms with Crippen molar-refractivity contribution in [2.24, 2.45) is 0 Å². The summed E-state index contributed by atoms with van der Waals surface area (Å²) in [7, 11) is 0. The van der Waals surface area contributed by atoms with Crippen LogP contribution in [0.2, 0.25) is 0 Å². The molecule has 4 rings (SSSR count). The summed E-state index contributed by atoms with van der Waals surface area (Å²) in [6.07, 6.45) is 0. The first-order chi connectivity index (χ1) is 15.8. The minimum Gasteiger partial charge on any atom is -0.457 e. The van der Waals surface area contributed by atoms with Crippen molar-refractivity contribution in [2.75, 3.05) is 11.5 Å². The summed E-state index contributed by atoms with van der Waals surface area (Å²) in [6.45, 7) is 8.66. The van der Waals surface area contributed by atoms with Gasteiger partial charge >= 0.3 is 0 Å². The van der Waals surface area contributed by atoms with Gasteiger partial charge in [-0.15, -0.1) is 0 Å². The molecule has 4 nitrogen and oxygen atoms in total. The van der Waals surface area contributed by atoms with Crippen LogP contribution in [-0.4, -0.2) is 0 Å². The van der Waals surface area contributed by atoms with E-state index >= 15 is 0 Å². The highest BCUT2D eigenvalue weighted by atomic mass is 16.5. The molecule has 4 aromatic carbocycles. The van der Waals surface area contributed by atoms with Crippen LogP contribution < -0.4 is 20.9 Å². The van der Waals surface area contributed by atoms with Gasteiger partial charge in [-0.25, -0.2) is 0 Å². The molecule has 33 heavy (non-hydrogen) atoms. The monoisotopic (exact) mass is 438 g/mol. The second-order valence-electron chi connectivity index (χ2n) is 8.63. The molecule has 0 spiro atoms. The molecule has 0 aliphatic rings. The summed E-state index contributed by atoms with van der Waals surface area (Å²) in [5.41, 5.74) is 18.9. The lowest BCUT2D eigenvalue weighted by Gasteiger charge is -2.22. The second kappa shape index (κ2) is 9.29. The maximum Gasteiger partial charge on any atom is 0.133 e. The lowest BCUT2D eigenvalue weighted by molar-refractivity contribution is 0.475. The molecule has 0 heterocycles. The van der Waals surface area contributed by atoms with Crippen molar-refractivity contribution in [1.82, 2.24) is 0 Å². The number of hydrogen-bond acceptors (Lipinski definition) is 4. The molecule has 0 aliphatic carbocycles. The zero-order valence-corrected chi connectivity index (χ0v) is 19.6. The number of nitrogen functional groups attached to an aromatic ring is 2. The summed E-state index contributed by atoms with van der Waals surface area (Å²) >= 11 is 0. The quantitative estimate of drug-likeness (QED) is 0.301. The van der Waals surface area contributed by atoms with Crippen LogP contribution in [0.15, 0.2) is 78.9 Å². The van der Waals surface area contributed by atoms with E-state index in [-0.39, 0.29) is 0 Å². The Morgan fingerprint density at radius 3 is 1.58 bits per heavy atom. The molecular formula is C29H30N2O2. The predicted molar refractivity (Wildman–Crippen MR) is 137 cm³/mol. The summed E-state index contributed by atoms with van der Waals surface area (Å²) in [6, 6.07) is 25.3. The van der Waals surface area contributed by atoms with Gasteiger partial charge in [0.15, 0.2) is 0 Å². The normalized spacial score (nSPS) is 10.9. The molecule has 0 radical (unpaired) electrons. The molecule has 4 aromatic rings. The molecule has 0 bridgehead atoms. The zero-order chi connectivity index (χ0) is 23.5. The average Bonchev–Trinajstić information content (AvgIpc) is 2.80. The number of aryl methyl sites for hydroxylation is 1. The Labute approximate surface area is 195 Å². The van der Waals surface area contributed by atoms with E-state index in [2.05, 4.69) is 45.9 Å². The van der Waals surface area contributed by atoms with Crippen LogP contribution >= 0.6 is 0 Å². The number of hydrogen-bond donors (Lipinski definition) is 2. The van der Waals surface area contributed by atoms with Crippen molar-refractivity contribution in [3.05, 3.63) is 95.6 Å². The fraction of sp³-hybridized carbons (Fsp3) is 0.172. The molecule has 0 saturated heterocycles. The van der Waals surface area contributed by atoms with Gasteiger partial charge in [0.1, 0.15) is 23.0 Å². The zero-order valence-electron chi connectivity index (χ0n) is 19.6. The minimum atomic E-state index is 0.369. The molecular weight excluding hydrogens is 408 g/mol. The van der Waals surface area contributed by atoms with Crippen LogP contribution in [0.3, 0.4) is 0 Å². The van der Waals surface area contributed by atoms with Gasteiger partial charge in [0.05, 0.1) is 0 Å². The van der Waals surface area contributed by atoms with Gasteiger partial charge in [0.25, 0.3) is 0 Å². The minimum absolute atomic E-state index is 0.369. The van der Waals surface area contributed by atoms with Crippen molar-refractivity contribution >= 4 is 11.4 Å². The van der Waals surface area contributed by atoms with Gasteiger partial charge in [-0.05, 0) is 103 Å². The molecule has 4 heteroatoms. The van der Waals surface area contributed by atoms with Gasteiger partial charge in [-0.2, -0.15) is 0 Å². The van der Waals surface area contributed by atoms with Gasteiger partial charge in [-0.3, -0.25) is 0 Å². The standard InChI is InChI=1S/C29H30N2O2/c1-18(2)27-17-19(3)29(33-26-15-9-23(31)10-16-26)20(4)28(27)21-5-11-24(12-6-21)32-25-13-7-22(30)8-14-25/h5-18H,30-31H2,1-4H3. The summed E-state index contributed by atoms with van der Waals surface area (Å²) in [5, 5.41) is 0. The van der Waals surface area contributed by atoms with Crippen LogP contribution in [0, 0.1) is 13.8 Å². The topological polar surface area (TPSA) is 70.5 Å². The molecule has 0 aromatic heterocycles. The Bertz CT molecular complexity index is 1240. The Morgan fingerprint density at radius 1 is 0.636 bits per heavy atom. The number of anilines is 2. The maximum absolute atomic E-state index is 6.31. The molecule has 0 atom stereocenters. The molecule has 0 aliphatic heterocycles. The number of ether oxygens (including phenoxy) is 2. The van der Waals surface area contributed by atoms with E-state index in [0.717, 1.165) is 39.7 Å². The van der Waals surface area contributed by atoms with E-state index in [0.29, 0.717) is 17.3 Å². The summed E-state index contributed by atoms with van der Waals surface area (Å²) in [4.78, 5) is 0. The third-order valence-electron chi connectivity index (χ3n) is 5.72. The maximum atomic E-state index is 6.31. The number of rotatable bonds is 6.